The van der Waals surface area contributed by atoms with E-state index >= 15 is 0 Å². The van der Waals surface area contributed by atoms with E-state index in [1.54, 1.807) is 19.2 Å². The highest BCUT2D eigenvalue weighted by molar-refractivity contribution is 9.10. The molecule has 0 amide bonds. The Morgan fingerprint density at radius 2 is 2.00 bits per heavy atom. The Hall–Kier alpha value is -2.32. The Labute approximate surface area is 155 Å². The van der Waals surface area contributed by atoms with Crippen molar-refractivity contribution >= 4 is 47.7 Å². The number of methoxy groups -OCH3 is 1. The van der Waals surface area contributed by atoms with E-state index in [9.17, 15) is 4.79 Å². The summed E-state index contributed by atoms with van der Waals surface area (Å²) in [5.41, 5.74) is 2.81. The highest BCUT2D eigenvalue weighted by atomic mass is 79.9. The molecule has 0 aliphatic rings. The Kier molecular flexibility index (Phi) is 3.81. The van der Waals surface area contributed by atoms with Crippen LogP contribution in [-0.2, 0) is 0 Å². The fourth-order valence-corrected chi connectivity index (χ4v) is 4.27. The molecule has 4 aromatic rings. The van der Waals surface area contributed by atoms with E-state index in [1.165, 1.54) is 16.0 Å². The average molecular weight is 417 g/mol. The molecule has 126 valence electrons. The van der Waals surface area contributed by atoms with Crippen molar-refractivity contribution in [2.24, 2.45) is 0 Å². The summed E-state index contributed by atoms with van der Waals surface area (Å²) in [7, 11) is 1.56. The molecule has 0 saturated carbocycles. The van der Waals surface area contributed by atoms with Crippen LogP contribution in [-0.4, -0.2) is 27.1 Å². The van der Waals surface area contributed by atoms with Gasteiger partial charge in [0.1, 0.15) is 26.5 Å². The molecule has 0 unspecified atom stereocenters. The number of hydrogen-bond donors (Lipinski definition) is 0. The number of benzene rings is 1. The van der Waals surface area contributed by atoms with E-state index in [4.69, 9.17) is 4.74 Å². The molecule has 0 fully saturated rings. The number of para-hydroxylation sites is 2. The standard InChI is InChI=1S/C17H13BrN4O2S/c1-8-12-14-15(25-16(12)19-9(2)13(8)18)17(23)22(21-20-14)10-6-4-5-7-11(10)24-3/h4-7H,1-3H3. The maximum Gasteiger partial charge on any atom is 0.292 e. The van der Waals surface area contributed by atoms with Crippen LogP contribution in [0.15, 0.2) is 33.5 Å². The third kappa shape index (κ3) is 2.36. The van der Waals surface area contributed by atoms with E-state index in [-0.39, 0.29) is 5.56 Å². The monoisotopic (exact) mass is 416 g/mol. The second-order valence-electron chi connectivity index (χ2n) is 5.57. The van der Waals surface area contributed by atoms with Crippen LogP contribution in [0.2, 0.25) is 0 Å². The van der Waals surface area contributed by atoms with Gasteiger partial charge < -0.3 is 4.74 Å². The van der Waals surface area contributed by atoms with Crippen LogP contribution in [0, 0.1) is 13.8 Å². The average Bonchev–Trinajstić information content (AvgIpc) is 2.99. The number of nitrogens with zero attached hydrogens (tertiary/aromatic N) is 4. The molecule has 0 atom stereocenters. The summed E-state index contributed by atoms with van der Waals surface area (Å²) in [5, 5.41) is 9.33. The van der Waals surface area contributed by atoms with Gasteiger partial charge in [0.15, 0.2) is 0 Å². The minimum absolute atomic E-state index is 0.231. The van der Waals surface area contributed by atoms with Crippen LogP contribution in [0.4, 0.5) is 0 Å². The highest BCUT2D eigenvalue weighted by Gasteiger charge is 2.19. The first-order chi connectivity index (χ1) is 12.0. The quantitative estimate of drug-likeness (QED) is 0.497. The zero-order chi connectivity index (χ0) is 17.7. The maximum absolute atomic E-state index is 13.0. The molecule has 0 spiro atoms. The third-order valence-electron chi connectivity index (χ3n) is 4.09. The van der Waals surface area contributed by atoms with Crippen LogP contribution >= 0.6 is 27.3 Å². The van der Waals surface area contributed by atoms with Crippen LogP contribution in [0.1, 0.15) is 11.3 Å². The second-order valence-corrected chi connectivity index (χ2v) is 7.37. The molecule has 0 aliphatic carbocycles. The van der Waals surface area contributed by atoms with Gasteiger partial charge in [-0.1, -0.05) is 17.3 Å². The van der Waals surface area contributed by atoms with E-state index in [2.05, 4.69) is 31.2 Å². The first-order valence-electron chi connectivity index (χ1n) is 7.51. The summed E-state index contributed by atoms with van der Waals surface area (Å²) in [6, 6.07) is 7.22. The summed E-state index contributed by atoms with van der Waals surface area (Å²) in [6.07, 6.45) is 0. The number of rotatable bonds is 2. The Morgan fingerprint density at radius 1 is 1.24 bits per heavy atom. The molecule has 0 N–H and O–H groups in total. The summed E-state index contributed by atoms with van der Waals surface area (Å²) < 4.78 is 8.06. The lowest BCUT2D eigenvalue weighted by atomic mass is 10.1. The number of aromatic nitrogens is 4. The van der Waals surface area contributed by atoms with Gasteiger partial charge in [-0.3, -0.25) is 4.79 Å². The molecule has 4 rings (SSSR count). The predicted octanol–water partition coefficient (Wildman–Crippen LogP) is 3.78. The van der Waals surface area contributed by atoms with Crippen LogP contribution in [0.5, 0.6) is 5.75 Å². The molecule has 3 aromatic heterocycles. The molecule has 3 heterocycles. The molecule has 0 radical (unpaired) electrons. The van der Waals surface area contributed by atoms with Crippen molar-refractivity contribution in [2.45, 2.75) is 13.8 Å². The Morgan fingerprint density at radius 3 is 2.76 bits per heavy atom. The fraction of sp³-hybridized carbons (Fsp3) is 0.176. The molecular formula is C17H13BrN4O2S. The number of hydrogen-bond acceptors (Lipinski definition) is 6. The van der Waals surface area contributed by atoms with E-state index in [0.29, 0.717) is 21.7 Å². The van der Waals surface area contributed by atoms with Crippen LogP contribution in [0.3, 0.4) is 0 Å². The van der Waals surface area contributed by atoms with Gasteiger partial charge in [-0.2, -0.15) is 4.68 Å². The minimum Gasteiger partial charge on any atom is -0.494 e. The summed E-state index contributed by atoms with van der Waals surface area (Å²) in [6.45, 7) is 3.92. The van der Waals surface area contributed by atoms with Crippen molar-refractivity contribution in [1.29, 1.82) is 0 Å². The number of pyridine rings is 1. The molecule has 0 saturated heterocycles. The van der Waals surface area contributed by atoms with Crippen molar-refractivity contribution in [2.75, 3.05) is 7.11 Å². The van der Waals surface area contributed by atoms with Gasteiger partial charge in [-0.25, -0.2) is 4.98 Å². The van der Waals surface area contributed by atoms with Crippen molar-refractivity contribution < 1.29 is 4.74 Å². The Balaban J connectivity index is 2.09. The van der Waals surface area contributed by atoms with E-state index in [1.807, 2.05) is 26.0 Å². The number of fused-ring (bicyclic) bond motifs is 3. The summed E-state index contributed by atoms with van der Waals surface area (Å²) in [4.78, 5) is 18.4. The van der Waals surface area contributed by atoms with Gasteiger partial charge in [-0.05, 0) is 47.5 Å². The summed E-state index contributed by atoms with van der Waals surface area (Å²) >= 11 is 4.89. The van der Waals surface area contributed by atoms with Crippen molar-refractivity contribution in [3.05, 3.63) is 50.3 Å². The lowest BCUT2D eigenvalue weighted by molar-refractivity contribution is 0.410. The SMILES string of the molecule is COc1ccccc1-n1nnc2c(sc3nc(C)c(Br)c(C)c32)c1=O. The van der Waals surface area contributed by atoms with Gasteiger partial charge in [0, 0.05) is 9.86 Å². The van der Waals surface area contributed by atoms with Crippen molar-refractivity contribution in [3.8, 4) is 11.4 Å². The predicted molar refractivity (Wildman–Crippen MR) is 102 cm³/mol. The topological polar surface area (TPSA) is 69.9 Å². The molecule has 8 heteroatoms. The number of aryl methyl sites for hydroxylation is 2. The van der Waals surface area contributed by atoms with Gasteiger partial charge in [0.25, 0.3) is 5.56 Å². The van der Waals surface area contributed by atoms with Gasteiger partial charge in [-0.15, -0.1) is 16.4 Å². The van der Waals surface area contributed by atoms with Gasteiger partial charge in [0.05, 0.1) is 12.8 Å². The largest absolute Gasteiger partial charge is 0.494 e. The molecule has 0 bridgehead atoms. The molecule has 25 heavy (non-hydrogen) atoms. The lowest BCUT2D eigenvalue weighted by Crippen LogP contribution is -2.22. The zero-order valence-corrected chi connectivity index (χ0v) is 16.1. The number of halogens is 1. The first kappa shape index (κ1) is 16.2. The van der Waals surface area contributed by atoms with Gasteiger partial charge >= 0.3 is 0 Å². The van der Waals surface area contributed by atoms with Crippen molar-refractivity contribution in [1.82, 2.24) is 20.0 Å². The highest BCUT2D eigenvalue weighted by Crippen LogP contribution is 2.35. The number of ether oxygens (including phenoxy) is 1. The van der Waals surface area contributed by atoms with Crippen molar-refractivity contribution in [3.63, 3.8) is 0 Å². The second kappa shape index (κ2) is 5.89. The number of thiophene rings is 1. The van der Waals surface area contributed by atoms with Crippen LogP contribution in [0.25, 0.3) is 26.1 Å². The Bertz CT molecular complexity index is 1200. The fourth-order valence-electron chi connectivity index (χ4n) is 2.84. The van der Waals surface area contributed by atoms with Crippen LogP contribution < -0.4 is 10.3 Å². The lowest BCUT2D eigenvalue weighted by Gasteiger charge is -2.08. The smallest absolute Gasteiger partial charge is 0.292 e. The summed E-state index contributed by atoms with van der Waals surface area (Å²) in [5.74, 6) is 0.562. The third-order valence-corrected chi connectivity index (χ3v) is 6.32. The normalized spacial score (nSPS) is 11.4. The molecule has 0 aliphatic heterocycles. The maximum atomic E-state index is 13.0. The molecular weight excluding hydrogens is 404 g/mol. The van der Waals surface area contributed by atoms with Gasteiger partial charge in [0.2, 0.25) is 0 Å². The van der Waals surface area contributed by atoms with E-state index < -0.39 is 0 Å². The van der Waals surface area contributed by atoms with E-state index in [0.717, 1.165) is 25.9 Å². The molecule has 1 aromatic carbocycles. The minimum atomic E-state index is -0.231. The zero-order valence-electron chi connectivity index (χ0n) is 13.7. The molecule has 6 nitrogen and oxygen atoms in total. The first-order valence-corrected chi connectivity index (χ1v) is 9.12.